The molecular formula is C9H16N2S2. The Labute approximate surface area is 91.2 Å². The van der Waals surface area contributed by atoms with E-state index >= 15 is 0 Å². The van der Waals surface area contributed by atoms with E-state index in [1.54, 1.807) is 0 Å². The molecule has 0 heterocycles. The maximum absolute atomic E-state index is 4.35. The quantitative estimate of drug-likeness (QED) is 0.400. The van der Waals surface area contributed by atoms with Gasteiger partial charge in [-0.05, 0) is 37.3 Å². The van der Waals surface area contributed by atoms with Crippen LogP contribution in [0.2, 0.25) is 0 Å². The average Bonchev–Trinajstić information content (AvgIpc) is 2.17. The average molecular weight is 216 g/mol. The minimum Gasteiger partial charge on any atom is -0.233 e. The van der Waals surface area contributed by atoms with Gasteiger partial charge in [0.2, 0.25) is 0 Å². The van der Waals surface area contributed by atoms with E-state index in [9.17, 15) is 0 Å². The number of aliphatic imine (C=N–C) groups is 2. The normalized spacial score (nSPS) is 7.23. The molecule has 0 amide bonds. The maximum atomic E-state index is 4.35. The van der Waals surface area contributed by atoms with Crippen LogP contribution in [-0.2, 0) is 0 Å². The van der Waals surface area contributed by atoms with Crippen LogP contribution >= 0.6 is 24.4 Å². The van der Waals surface area contributed by atoms with Crippen LogP contribution in [0.4, 0.5) is 0 Å². The molecule has 4 heteroatoms. The lowest BCUT2D eigenvalue weighted by atomic mass is 10.3. The Morgan fingerprint density at radius 2 is 1.46 bits per heavy atom. The first-order valence-electron chi connectivity index (χ1n) is 4.40. The molecule has 74 valence electrons. The molecule has 0 N–H and O–H groups in total. The van der Waals surface area contributed by atoms with Crippen molar-refractivity contribution in [2.45, 2.75) is 33.1 Å². The molecule has 0 aromatic rings. The van der Waals surface area contributed by atoms with Crippen molar-refractivity contribution in [3.63, 3.8) is 0 Å². The molecule has 0 saturated heterocycles. The molecule has 0 aliphatic carbocycles. The van der Waals surface area contributed by atoms with Crippen LogP contribution in [-0.4, -0.2) is 23.4 Å². The van der Waals surface area contributed by atoms with Gasteiger partial charge in [-0.25, -0.2) is 9.98 Å². The molecule has 0 spiro atoms. The molecule has 0 aliphatic heterocycles. The second-order valence-electron chi connectivity index (χ2n) is 2.30. The zero-order valence-electron chi connectivity index (χ0n) is 8.25. The van der Waals surface area contributed by atoms with Crippen molar-refractivity contribution in [3.8, 4) is 0 Å². The highest BCUT2D eigenvalue weighted by atomic mass is 32.1. The van der Waals surface area contributed by atoms with Gasteiger partial charge in [0, 0.05) is 13.1 Å². The van der Waals surface area contributed by atoms with Gasteiger partial charge < -0.3 is 0 Å². The topological polar surface area (TPSA) is 24.7 Å². The molecule has 0 atom stereocenters. The molecule has 0 aliphatic rings. The molecule has 0 aromatic carbocycles. The minimum absolute atomic E-state index is 0.823. The highest BCUT2D eigenvalue weighted by molar-refractivity contribution is 7.78. The van der Waals surface area contributed by atoms with Crippen LogP contribution in [0.25, 0.3) is 0 Å². The number of rotatable bonds is 5. The Morgan fingerprint density at radius 1 is 0.923 bits per heavy atom. The summed E-state index contributed by atoms with van der Waals surface area (Å²) in [5, 5.41) is 4.59. The summed E-state index contributed by atoms with van der Waals surface area (Å²) in [6.45, 7) is 5.85. The van der Waals surface area contributed by atoms with E-state index in [0.29, 0.717) is 0 Å². The SMILES string of the molecule is CCCCN=C=S.CCCN=C=S. The van der Waals surface area contributed by atoms with Crippen LogP contribution in [0.3, 0.4) is 0 Å². The van der Waals surface area contributed by atoms with Gasteiger partial charge in [-0.2, -0.15) is 0 Å². The van der Waals surface area contributed by atoms with Crippen molar-refractivity contribution >= 4 is 34.8 Å². The van der Waals surface area contributed by atoms with Crippen molar-refractivity contribution < 1.29 is 0 Å². The standard InChI is InChI=1S/C5H9NS.C4H7NS/c1-2-3-4-6-5-7;1-2-3-5-4-6/h2-4H2,1H3;2-3H2,1H3. The van der Waals surface area contributed by atoms with E-state index in [2.05, 4.69) is 58.6 Å². The monoisotopic (exact) mass is 216 g/mol. The van der Waals surface area contributed by atoms with Gasteiger partial charge in [-0.1, -0.05) is 20.3 Å². The summed E-state index contributed by atoms with van der Waals surface area (Å²) in [7, 11) is 0. The Bertz CT molecular complexity index is 180. The number of hydrogen-bond acceptors (Lipinski definition) is 4. The lowest BCUT2D eigenvalue weighted by Crippen LogP contribution is -1.74. The molecule has 2 nitrogen and oxygen atoms in total. The number of hydrogen-bond donors (Lipinski definition) is 0. The lowest BCUT2D eigenvalue weighted by Gasteiger charge is -1.81. The molecular weight excluding hydrogens is 200 g/mol. The Kier molecular flexibility index (Phi) is 20.5. The van der Waals surface area contributed by atoms with Crippen LogP contribution in [0.1, 0.15) is 33.1 Å². The third kappa shape index (κ3) is 24.5. The molecule has 0 fully saturated rings. The van der Waals surface area contributed by atoms with Crippen LogP contribution < -0.4 is 0 Å². The van der Waals surface area contributed by atoms with Crippen molar-refractivity contribution in [2.24, 2.45) is 9.98 Å². The summed E-state index contributed by atoms with van der Waals surface area (Å²) in [6.07, 6.45) is 3.37. The van der Waals surface area contributed by atoms with Gasteiger partial charge in [-0.3, -0.25) is 0 Å². The molecule has 13 heavy (non-hydrogen) atoms. The molecule has 0 aromatic heterocycles. The predicted molar refractivity (Wildman–Crippen MR) is 65.0 cm³/mol. The zero-order chi connectivity index (χ0) is 10.4. The highest BCUT2D eigenvalue weighted by Gasteiger charge is 1.73. The minimum atomic E-state index is 0.823. The Morgan fingerprint density at radius 3 is 1.77 bits per heavy atom. The third-order valence-electron chi connectivity index (χ3n) is 1.09. The molecule has 0 rings (SSSR count). The van der Waals surface area contributed by atoms with E-state index < -0.39 is 0 Å². The predicted octanol–water partition coefficient (Wildman–Crippen LogP) is 3.39. The van der Waals surface area contributed by atoms with Gasteiger partial charge in [-0.15, -0.1) is 0 Å². The van der Waals surface area contributed by atoms with Gasteiger partial charge in [0.05, 0.1) is 10.3 Å². The van der Waals surface area contributed by atoms with Gasteiger partial charge in [0.15, 0.2) is 0 Å². The van der Waals surface area contributed by atoms with Crippen LogP contribution in [0.15, 0.2) is 9.98 Å². The van der Waals surface area contributed by atoms with Crippen molar-refractivity contribution in [2.75, 3.05) is 13.1 Å². The van der Waals surface area contributed by atoms with Gasteiger partial charge >= 0.3 is 0 Å². The van der Waals surface area contributed by atoms with Gasteiger partial charge in [0.25, 0.3) is 0 Å². The van der Waals surface area contributed by atoms with Crippen LogP contribution in [0, 0.1) is 0 Å². The molecule has 0 bridgehead atoms. The van der Waals surface area contributed by atoms with E-state index in [0.717, 1.165) is 25.9 Å². The Balaban J connectivity index is 0. The summed E-state index contributed by atoms with van der Waals surface area (Å²) >= 11 is 8.65. The fraction of sp³-hybridized carbons (Fsp3) is 0.778. The van der Waals surface area contributed by atoms with Crippen molar-refractivity contribution in [1.82, 2.24) is 0 Å². The first-order valence-corrected chi connectivity index (χ1v) is 5.22. The van der Waals surface area contributed by atoms with Gasteiger partial charge in [0.1, 0.15) is 0 Å². The summed E-state index contributed by atoms with van der Waals surface area (Å²) < 4.78 is 0. The molecule has 0 saturated carbocycles. The number of isothiocyanates is 2. The summed E-state index contributed by atoms with van der Waals surface area (Å²) in [4.78, 5) is 7.38. The van der Waals surface area contributed by atoms with E-state index in [4.69, 9.17) is 0 Å². The van der Waals surface area contributed by atoms with Crippen molar-refractivity contribution in [3.05, 3.63) is 0 Å². The van der Waals surface area contributed by atoms with E-state index in [1.165, 1.54) is 6.42 Å². The number of nitrogens with zero attached hydrogens (tertiary/aromatic N) is 2. The molecule has 0 radical (unpaired) electrons. The number of unbranched alkanes of at least 4 members (excludes halogenated alkanes) is 1. The maximum Gasteiger partial charge on any atom is 0.0584 e. The second kappa shape index (κ2) is 17.6. The first-order chi connectivity index (χ1) is 6.33. The smallest absolute Gasteiger partial charge is 0.0584 e. The van der Waals surface area contributed by atoms with Crippen LogP contribution in [0.5, 0.6) is 0 Å². The second-order valence-corrected chi connectivity index (χ2v) is 2.66. The number of thiocarbonyl (C=S) groups is 2. The fourth-order valence-corrected chi connectivity index (χ4v) is 0.623. The van der Waals surface area contributed by atoms with E-state index in [1.807, 2.05) is 0 Å². The molecule has 0 unspecified atom stereocenters. The zero-order valence-corrected chi connectivity index (χ0v) is 9.88. The highest BCUT2D eigenvalue weighted by Crippen LogP contribution is 1.83. The first kappa shape index (κ1) is 15.1. The lowest BCUT2D eigenvalue weighted by molar-refractivity contribution is 0.811. The third-order valence-corrected chi connectivity index (χ3v) is 1.35. The largest absolute Gasteiger partial charge is 0.233 e. The summed E-state index contributed by atoms with van der Waals surface area (Å²) in [6, 6.07) is 0. The van der Waals surface area contributed by atoms with E-state index in [-0.39, 0.29) is 0 Å². The van der Waals surface area contributed by atoms with Crippen molar-refractivity contribution in [1.29, 1.82) is 0 Å². The summed E-state index contributed by atoms with van der Waals surface area (Å²) in [5.41, 5.74) is 0. The summed E-state index contributed by atoms with van der Waals surface area (Å²) in [5.74, 6) is 0. The fourth-order valence-electron chi connectivity index (χ4n) is 0.440. The Hall–Kier alpha value is -0.400.